The Hall–Kier alpha value is -1.83. The van der Waals surface area contributed by atoms with Crippen molar-refractivity contribution < 1.29 is 14.5 Å². The highest BCUT2D eigenvalue weighted by atomic mass is 79.9. The molecule has 0 spiro atoms. The molecule has 0 N–H and O–H groups in total. The van der Waals surface area contributed by atoms with Crippen LogP contribution in [0.2, 0.25) is 0 Å². The maximum absolute atomic E-state index is 12.1. The quantitative estimate of drug-likeness (QED) is 0.575. The van der Waals surface area contributed by atoms with Crippen molar-refractivity contribution in [3.8, 4) is 0 Å². The summed E-state index contributed by atoms with van der Waals surface area (Å²) in [5.74, 6) is 0. The molecule has 0 radical (unpaired) electrons. The molecule has 0 atom stereocenters. The minimum atomic E-state index is -0.532. The smallest absolute Gasteiger partial charge is 0.410 e. The van der Waals surface area contributed by atoms with Gasteiger partial charge in [0.25, 0.3) is 5.69 Å². The van der Waals surface area contributed by atoms with Crippen LogP contribution in [0, 0.1) is 10.1 Å². The van der Waals surface area contributed by atoms with Crippen LogP contribution in [-0.2, 0) is 4.74 Å². The molecule has 1 aromatic rings. The van der Waals surface area contributed by atoms with Crippen LogP contribution in [-0.4, -0.2) is 47.7 Å². The van der Waals surface area contributed by atoms with E-state index in [9.17, 15) is 14.9 Å². The number of hydrogen-bond acceptors (Lipinski definition) is 5. The Morgan fingerprint density at radius 2 is 1.87 bits per heavy atom. The molecule has 0 bridgehead atoms. The summed E-state index contributed by atoms with van der Waals surface area (Å²) in [4.78, 5) is 26.4. The number of nitrogens with zero attached hydrogens (tertiary/aromatic N) is 3. The molecular formula is C15H20BrN3O4. The number of para-hydroxylation sites is 1. The van der Waals surface area contributed by atoms with Gasteiger partial charge < -0.3 is 14.5 Å². The largest absolute Gasteiger partial charge is 0.444 e. The summed E-state index contributed by atoms with van der Waals surface area (Å²) in [6.07, 6.45) is -0.348. The van der Waals surface area contributed by atoms with Gasteiger partial charge in [0.05, 0.1) is 4.92 Å². The Labute approximate surface area is 143 Å². The number of carbonyl (C=O) groups is 1. The first kappa shape index (κ1) is 17.5. The fourth-order valence-electron chi connectivity index (χ4n) is 2.40. The van der Waals surface area contributed by atoms with E-state index in [0.29, 0.717) is 36.3 Å². The van der Waals surface area contributed by atoms with Gasteiger partial charge in [0.1, 0.15) is 11.3 Å². The molecule has 1 aliphatic heterocycles. The molecule has 1 aliphatic rings. The van der Waals surface area contributed by atoms with Gasteiger partial charge in [0, 0.05) is 36.7 Å². The van der Waals surface area contributed by atoms with E-state index in [-0.39, 0.29) is 16.7 Å². The highest BCUT2D eigenvalue weighted by Crippen LogP contribution is 2.36. The maximum atomic E-state index is 12.1. The zero-order chi connectivity index (χ0) is 17.2. The van der Waals surface area contributed by atoms with E-state index < -0.39 is 5.60 Å². The molecule has 1 saturated heterocycles. The number of benzene rings is 1. The highest BCUT2D eigenvalue weighted by molar-refractivity contribution is 9.10. The zero-order valence-electron chi connectivity index (χ0n) is 13.4. The van der Waals surface area contributed by atoms with Crippen LogP contribution < -0.4 is 4.90 Å². The number of anilines is 1. The van der Waals surface area contributed by atoms with Gasteiger partial charge in [-0.25, -0.2) is 4.79 Å². The Bertz CT molecular complexity index is 607. The number of nitro groups is 1. The summed E-state index contributed by atoms with van der Waals surface area (Å²) in [5.41, 5.74) is 0.0848. The standard InChI is InChI=1S/C15H20BrN3O4/c1-15(2,3)23-14(20)18-9-7-17(8-10-18)13-11(16)5-4-6-12(13)19(21)22/h4-6H,7-10H2,1-3H3. The van der Waals surface area contributed by atoms with Crippen molar-refractivity contribution in [3.05, 3.63) is 32.8 Å². The lowest BCUT2D eigenvalue weighted by Crippen LogP contribution is -2.50. The van der Waals surface area contributed by atoms with Gasteiger partial charge in [-0.2, -0.15) is 0 Å². The summed E-state index contributed by atoms with van der Waals surface area (Å²) in [6.45, 7) is 7.44. The topological polar surface area (TPSA) is 75.9 Å². The van der Waals surface area contributed by atoms with Crippen LogP contribution >= 0.6 is 15.9 Å². The minimum absolute atomic E-state index is 0.0603. The van der Waals surface area contributed by atoms with Gasteiger partial charge in [0.2, 0.25) is 0 Å². The van der Waals surface area contributed by atoms with Crippen LogP contribution in [0.3, 0.4) is 0 Å². The summed E-state index contributed by atoms with van der Waals surface area (Å²) in [7, 11) is 0. The second-order valence-electron chi connectivity index (χ2n) is 6.32. The second-order valence-corrected chi connectivity index (χ2v) is 7.17. The predicted molar refractivity (Wildman–Crippen MR) is 90.8 cm³/mol. The van der Waals surface area contributed by atoms with Gasteiger partial charge in [-0.1, -0.05) is 6.07 Å². The molecule has 2 rings (SSSR count). The van der Waals surface area contributed by atoms with Gasteiger partial charge in [0.15, 0.2) is 0 Å². The minimum Gasteiger partial charge on any atom is -0.444 e. The van der Waals surface area contributed by atoms with Crippen LogP contribution in [0.15, 0.2) is 22.7 Å². The molecule has 0 aromatic heterocycles. The normalized spacial score (nSPS) is 15.5. The van der Waals surface area contributed by atoms with Gasteiger partial charge in [-0.05, 0) is 42.8 Å². The van der Waals surface area contributed by atoms with Gasteiger partial charge in [-0.15, -0.1) is 0 Å². The van der Waals surface area contributed by atoms with E-state index in [1.54, 1.807) is 17.0 Å². The molecular weight excluding hydrogens is 366 g/mol. The molecule has 1 aromatic carbocycles. The maximum Gasteiger partial charge on any atom is 0.410 e. The average Bonchev–Trinajstić information content (AvgIpc) is 2.45. The fraction of sp³-hybridized carbons (Fsp3) is 0.533. The Morgan fingerprint density at radius 1 is 1.26 bits per heavy atom. The van der Waals surface area contributed by atoms with E-state index in [1.165, 1.54) is 6.07 Å². The van der Waals surface area contributed by atoms with E-state index in [2.05, 4.69) is 15.9 Å². The van der Waals surface area contributed by atoms with Crippen molar-refractivity contribution in [1.29, 1.82) is 0 Å². The molecule has 0 aliphatic carbocycles. The van der Waals surface area contributed by atoms with E-state index in [0.717, 1.165) is 0 Å². The van der Waals surface area contributed by atoms with Crippen molar-refractivity contribution in [3.63, 3.8) is 0 Å². The first-order valence-corrected chi connectivity index (χ1v) is 8.14. The number of halogens is 1. The number of rotatable bonds is 2. The SMILES string of the molecule is CC(C)(C)OC(=O)N1CCN(c2c(Br)cccc2[N+](=O)[O-])CC1. The number of piperazine rings is 1. The number of carbonyl (C=O) groups excluding carboxylic acids is 1. The molecule has 7 nitrogen and oxygen atoms in total. The average molecular weight is 386 g/mol. The second kappa shape index (κ2) is 6.74. The van der Waals surface area contributed by atoms with Crippen molar-refractivity contribution in [2.45, 2.75) is 26.4 Å². The van der Waals surface area contributed by atoms with Gasteiger partial charge in [-0.3, -0.25) is 10.1 Å². The summed E-state index contributed by atoms with van der Waals surface area (Å²) in [5, 5.41) is 11.2. The number of hydrogen-bond donors (Lipinski definition) is 0. The number of amides is 1. The number of nitro benzene ring substituents is 1. The van der Waals surface area contributed by atoms with E-state index in [1.807, 2.05) is 25.7 Å². The molecule has 1 fully saturated rings. The van der Waals surface area contributed by atoms with Crippen LogP contribution in [0.25, 0.3) is 0 Å². The Kier molecular flexibility index (Phi) is 5.13. The lowest BCUT2D eigenvalue weighted by Gasteiger charge is -2.36. The summed E-state index contributed by atoms with van der Waals surface area (Å²) >= 11 is 3.38. The summed E-state index contributed by atoms with van der Waals surface area (Å²) in [6, 6.07) is 4.91. The van der Waals surface area contributed by atoms with Crippen molar-refractivity contribution in [2.24, 2.45) is 0 Å². The Morgan fingerprint density at radius 3 is 2.39 bits per heavy atom. The van der Waals surface area contributed by atoms with Crippen molar-refractivity contribution >= 4 is 33.4 Å². The van der Waals surface area contributed by atoms with Gasteiger partial charge >= 0.3 is 6.09 Å². The molecule has 0 unspecified atom stereocenters. The lowest BCUT2D eigenvalue weighted by molar-refractivity contribution is -0.384. The lowest BCUT2D eigenvalue weighted by atomic mass is 10.2. The predicted octanol–water partition coefficient (Wildman–Crippen LogP) is 3.41. The third-order valence-corrected chi connectivity index (χ3v) is 4.05. The molecule has 8 heteroatoms. The highest BCUT2D eigenvalue weighted by Gasteiger charge is 2.29. The first-order valence-electron chi connectivity index (χ1n) is 7.35. The number of ether oxygens (including phenoxy) is 1. The summed E-state index contributed by atoms with van der Waals surface area (Å²) < 4.78 is 6.03. The molecule has 1 amide bonds. The molecule has 126 valence electrons. The monoisotopic (exact) mass is 385 g/mol. The van der Waals surface area contributed by atoms with E-state index in [4.69, 9.17) is 4.74 Å². The third-order valence-electron chi connectivity index (χ3n) is 3.41. The van der Waals surface area contributed by atoms with Crippen LogP contribution in [0.5, 0.6) is 0 Å². The van der Waals surface area contributed by atoms with Crippen LogP contribution in [0.4, 0.5) is 16.2 Å². The van der Waals surface area contributed by atoms with Crippen molar-refractivity contribution in [1.82, 2.24) is 4.90 Å². The molecule has 23 heavy (non-hydrogen) atoms. The van der Waals surface area contributed by atoms with E-state index >= 15 is 0 Å². The Balaban J connectivity index is 2.08. The zero-order valence-corrected chi connectivity index (χ0v) is 15.0. The van der Waals surface area contributed by atoms with Crippen molar-refractivity contribution in [2.75, 3.05) is 31.1 Å². The molecule has 1 heterocycles. The fourth-order valence-corrected chi connectivity index (χ4v) is 3.01. The third kappa shape index (κ3) is 4.34. The molecule has 0 saturated carbocycles. The first-order chi connectivity index (χ1) is 10.7. The van der Waals surface area contributed by atoms with Crippen LogP contribution in [0.1, 0.15) is 20.8 Å².